The van der Waals surface area contributed by atoms with Gasteiger partial charge in [0.15, 0.2) is 0 Å². The zero-order chi connectivity index (χ0) is 13.8. The second-order valence-electron chi connectivity index (χ2n) is 4.11. The molecule has 0 aliphatic rings. The van der Waals surface area contributed by atoms with Crippen molar-refractivity contribution in [1.82, 2.24) is 0 Å². The minimum atomic E-state index is -0.588. The van der Waals surface area contributed by atoms with E-state index in [1.54, 1.807) is 12.1 Å². The maximum atomic E-state index is 13.4. The lowest BCUT2D eigenvalue weighted by molar-refractivity contribution is 0.303. The predicted molar refractivity (Wildman–Crippen MR) is 71.6 cm³/mol. The third kappa shape index (κ3) is 3.04. The van der Waals surface area contributed by atoms with Gasteiger partial charge in [-0.15, -0.1) is 0 Å². The first-order valence-corrected chi connectivity index (χ1v) is 6.06. The van der Waals surface area contributed by atoms with Crippen LogP contribution in [-0.4, -0.2) is 0 Å². The molecule has 2 rings (SSSR count). The molecule has 0 aliphatic heterocycles. The van der Waals surface area contributed by atoms with Gasteiger partial charge in [-0.3, -0.25) is 0 Å². The lowest BCUT2D eigenvalue weighted by atomic mass is 10.1. The van der Waals surface area contributed by atoms with Gasteiger partial charge in [0.1, 0.15) is 29.8 Å². The molecule has 0 bridgehead atoms. The second-order valence-corrected chi connectivity index (χ2v) is 4.52. The van der Waals surface area contributed by atoms with Gasteiger partial charge in [0, 0.05) is 10.6 Å². The average molecular weight is 276 g/mol. The van der Waals surface area contributed by atoms with E-state index in [4.69, 9.17) is 21.6 Å². The Morgan fingerprint density at radius 3 is 2.79 bits per heavy atom. The number of ether oxygens (including phenoxy) is 1. The molecular weight excluding hydrogens is 265 g/mol. The van der Waals surface area contributed by atoms with Crippen LogP contribution in [0.2, 0.25) is 5.02 Å². The van der Waals surface area contributed by atoms with Crippen molar-refractivity contribution in [3.63, 3.8) is 0 Å². The monoisotopic (exact) mass is 275 g/mol. The van der Waals surface area contributed by atoms with Crippen molar-refractivity contribution in [3.8, 4) is 11.8 Å². The molecule has 0 atom stereocenters. The number of aryl methyl sites for hydroxylation is 1. The summed E-state index contributed by atoms with van der Waals surface area (Å²) in [5.41, 5.74) is 1.75. The fourth-order valence-electron chi connectivity index (χ4n) is 1.66. The molecule has 0 aliphatic carbocycles. The highest BCUT2D eigenvalue weighted by molar-refractivity contribution is 6.31. The first kappa shape index (κ1) is 13.4. The van der Waals surface area contributed by atoms with E-state index in [9.17, 15) is 4.39 Å². The fourth-order valence-corrected chi connectivity index (χ4v) is 1.95. The number of hydrogen-bond donors (Lipinski definition) is 0. The van der Waals surface area contributed by atoms with Gasteiger partial charge in [-0.1, -0.05) is 29.8 Å². The summed E-state index contributed by atoms with van der Waals surface area (Å²) in [6.45, 7) is 2.13. The van der Waals surface area contributed by atoms with E-state index in [1.807, 2.05) is 25.1 Å². The third-order valence-electron chi connectivity index (χ3n) is 2.68. The van der Waals surface area contributed by atoms with E-state index < -0.39 is 5.82 Å². The van der Waals surface area contributed by atoms with Crippen LogP contribution in [0.5, 0.6) is 5.75 Å². The molecular formula is C15H11ClFNO. The Morgan fingerprint density at radius 2 is 2.11 bits per heavy atom. The molecule has 0 heterocycles. The van der Waals surface area contributed by atoms with Crippen LogP contribution in [0.1, 0.15) is 16.7 Å². The van der Waals surface area contributed by atoms with Gasteiger partial charge >= 0.3 is 0 Å². The predicted octanol–water partition coefficient (Wildman–Crippen LogP) is 4.24. The van der Waals surface area contributed by atoms with Crippen molar-refractivity contribution in [3.05, 3.63) is 63.9 Å². The summed E-state index contributed by atoms with van der Waals surface area (Å²) in [6.07, 6.45) is 0. The maximum absolute atomic E-state index is 13.4. The van der Waals surface area contributed by atoms with Crippen molar-refractivity contribution in [2.45, 2.75) is 13.5 Å². The summed E-state index contributed by atoms with van der Waals surface area (Å²) in [5, 5.41) is 9.48. The van der Waals surface area contributed by atoms with Crippen molar-refractivity contribution in [2.75, 3.05) is 0 Å². The molecule has 19 heavy (non-hydrogen) atoms. The zero-order valence-corrected chi connectivity index (χ0v) is 11.0. The van der Waals surface area contributed by atoms with E-state index in [1.165, 1.54) is 12.1 Å². The molecule has 0 N–H and O–H groups in total. The van der Waals surface area contributed by atoms with Gasteiger partial charge in [0.2, 0.25) is 0 Å². The van der Waals surface area contributed by atoms with Crippen molar-refractivity contribution < 1.29 is 9.13 Å². The number of benzene rings is 2. The first-order chi connectivity index (χ1) is 9.11. The molecule has 2 nitrogen and oxygen atoms in total. The molecule has 0 spiro atoms. The smallest absolute Gasteiger partial charge is 0.144 e. The lowest BCUT2D eigenvalue weighted by Gasteiger charge is -2.09. The Hall–Kier alpha value is -2.05. The topological polar surface area (TPSA) is 33.0 Å². The van der Waals surface area contributed by atoms with E-state index in [-0.39, 0.29) is 17.9 Å². The van der Waals surface area contributed by atoms with E-state index in [2.05, 4.69) is 0 Å². The molecule has 0 unspecified atom stereocenters. The standard InChI is InChI=1S/C15H11ClFNO/c1-10-5-6-11(13(16)7-10)9-19-15-4-2-3-14(17)12(15)8-18/h2-7H,9H2,1H3. The second kappa shape index (κ2) is 5.73. The maximum Gasteiger partial charge on any atom is 0.144 e. The van der Waals surface area contributed by atoms with Gasteiger partial charge in [-0.05, 0) is 30.7 Å². The minimum absolute atomic E-state index is 0.0919. The zero-order valence-electron chi connectivity index (χ0n) is 10.3. The van der Waals surface area contributed by atoms with Crippen molar-refractivity contribution in [1.29, 1.82) is 5.26 Å². The first-order valence-electron chi connectivity index (χ1n) is 5.68. The number of halogens is 2. The van der Waals surface area contributed by atoms with Crippen LogP contribution in [0.25, 0.3) is 0 Å². The summed E-state index contributed by atoms with van der Waals surface area (Å²) in [5.74, 6) is -0.367. The molecule has 0 aromatic heterocycles. The average Bonchev–Trinajstić information content (AvgIpc) is 2.38. The number of hydrogen-bond acceptors (Lipinski definition) is 2. The number of nitriles is 1. The summed E-state index contributed by atoms with van der Waals surface area (Å²) >= 11 is 6.08. The SMILES string of the molecule is Cc1ccc(COc2cccc(F)c2C#N)c(Cl)c1. The Balaban J connectivity index is 2.20. The summed E-state index contributed by atoms with van der Waals surface area (Å²) < 4.78 is 18.8. The van der Waals surface area contributed by atoms with Crippen LogP contribution in [0.3, 0.4) is 0 Å². The van der Waals surface area contributed by atoms with Crippen molar-refractivity contribution in [2.24, 2.45) is 0 Å². The molecule has 2 aromatic carbocycles. The highest BCUT2D eigenvalue weighted by Gasteiger charge is 2.09. The molecule has 0 radical (unpaired) electrons. The lowest BCUT2D eigenvalue weighted by Crippen LogP contribution is -1.99. The van der Waals surface area contributed by atoms with Crippen LogP contribution in [0, 0.1) is 24.1 Å². The van der Waals surface area contributed by atoms with Gasteiger partial charge in [0.05, 0.1) is 0 Å². The van der Waals surface area contributed by atoms with E-state index in [0.29, 0.717) is 5.02 Å². The quantitative estimate of drug-likeness (QED) is 0.839. The van der Waals surface area contributed by atoms with Crippen LogP contribution < -0.4 is 4.74 Å². The number of rotatable bonds is 3. The van der Waals surface area contributed by atoms with Gasteiger partial charge in [-0.25, -0.2) is 4.39 Å². The van der Waals surface area contributed by atoms with Gasteiger partial charge in [-0.2, -0.15) is 5.26 Å². The van der Waals surface area contributed by atoms with Crippen LogP contribution in [-0.2, 0) is 6.61 Å². The molecule has 96 valence electrons. The molecule has 0 saturated carbocycles. The Bertz CT molecular complexity index is 649. The highest BCUT2D eigenvalue weighted by Crippen LogP contribution is 2.24. The Kier molecular flexibility index (Phi) is 4.03. The largest absolute Gasteiger partial charge is 0.487 e. The molecule has 0 amide bonds. The summed E-state index contributed by atoms with van der Waals surface area (Å²) in [6, 6.07) is 11.7. The van der Waals surface area contributed by atoms with Gasteiger partial charge < -0.3 is 4.74 Å². The van der Waals surface area contributed by atoms with Crippen LogP contribution in [0.15, 0.2) is 36.4 Å². The summed E-state index contributed by atoms with van der Waals surface area (Å²) in [7, 11) is 0. The fraction of sp³-hybridized carbons (Fsp3) is 0.133. The molecule has 4 heteroatoms. The summed E-state index contributed by atoms with van der Waals surface area (Å²) in [4.78, 5) is 0. The number of nitrogens with zero attached hydrogens (tertiary/aromatic N) is 1. The minimum Gasteiger partial charge on any atom is -0.487 e. The molecule has 0 saturated heterocycles. The molecule has 2 aromatic rings. The normalized spacial score (nSPS) is 10.0. The molecule has 0 fully saturated rings. The highest BCUT2D eigenvalue weighted by atomic mass is 35.5. The van der Waals surface area contributed by atoms with Gasteiger partial charge in [0.25, 0.3) is 0 Å². The Morgan fingerprint density at radius 1 is 1.32 bits per heavy atom. The Labute approximate surface area is 116 Å². The van der Waals surface area contributed by atoms with Crippen LogP contribution >= 0.6 is 11.6 Å². The van der Waals surface area contributed by atoms with Crippen molar-refractivity contribution >= 4 is 11.6 Å². The van der Waals surface area contributed by atoms with Crippen LogP contribution in [0.4, 0.5) is 4.39 Å². The van der Waals surface area contributed by atoms with E-state index >= 15 is 0 Å². The third-order valence-corrected chi connectivity index (χ3v) is 3.03. The van der Waals surface area contributed by atoms with E-state index in [0.717, 1.165) is 11.1 Å².